The number of ether oxygens (including phenoxy) is 1. The van der Waals surface area contributed by atoms with Gasteiger partial charge in [0.15, 0.2) is 0 Å². The minimum Gasteiger partial charge on any atom is -0.495 e. The van der Waals surface area contributed by atoms with Gasteiger partial charge in [-0.15, -0.1) is 0 Å². The summed E-state index contributed by atoms with van der Waals surface area (Å²) in [5.41, 5.74) is -0.732. The van der Waals surface area contributed by atoms with Gasteiger partial charge < -0.3 is 15.0 Å². The zero-order chi connectivity index (χ0) is 29.0. The van der Waals surface area contributed by atoms with Crippen molar-refractivity contribution in [1.29, 1.82) is 0 Å². The fourth-order valence-corrected chi connectivity index (χ4v) is 4.78. The molecule has 0 aliphatic carbocycles. The number of rotatable bonds is 10. The minimum absolute atomic E-state index is 0.000329. The van der Waals surface area contributed by atoms with Crippen LogP contribution in [-0.4, -0.2) is 61.5 Å². The molecule has 0 unspecified atom stereocenters. The van der Waals surface area contributed by atoms with Gasteiger partial charge in [0.25, 0.3) is 5.69 Å². The molecule has 2 aromatic rings. The molecule has 2 rings (SSSR count). The molecule has 2 aromatic carbocycles. The smallest absolute Gasteiger partial charge is 0.271 e. The number of anilines is 1. The number of carbonyl (C=O) groups excluding carboxylic acids is 2. The van der Waals surface area contributed by atoms with Crippen LogP contribution in [0.2, 0.25) is 10.0 Å². The number of amides is 2. The van der Waals surface area contributed by atoms with Gasteiger partial charge in [-0.2, -0.15) is 0 Å². The van der Waals surface area contributed by atoms with Gasteiger partial charge in [-0.1, -0.05) is 29.3 Å². The number of hydrogen-bond donors (Lipinski definition) is 1. The molecular weight excluding hydrogens is 559 g/mol. The number of nitro benzene ring substituents is 1. The number of hydrogen-bond acceptors (Lipinski definition) is 7. The molecule has 0 heterocycles. The van der Waals surface area contributed by atoms with Crippen LogP contribution in [0.4, 0.5) is 11.4 Å². The van der Waals surface area contributed by atoms with Crippen LogP contribution in [-0.2, 0) is 26.2 Å². The van der Waals surface area contributed by atoms with Gasteiger partial charge in [0.2, 0.25) is 21.8 Å². The SMILES string of the molecule is COc1ccc([N+](=O)[O-])cc1N(CC(=O)N(Cc1ccc(Cl)cc1Cl)[C@@H](C)C(=O)NC(C)(C)C)S(C)(=O)=O. The molecular formula is C24H30Cl2N4O7S. The molecule has 0 bridgehead atoms. The van der Waals surface area contributed by atoms with Gasteiger partial charge in [-0.05, 0) is 51.5 Å². The van der Waals surface area contributed by atoms with Crippen molar-refractivity contribution in [2.75, 3.05) is 24.2 Å². The third kappa shape index (κ3) is 8.20. The van der Waals surface area contributed by atoms with Crippen LogP contribution >= 0.6 is 23.2 Å². The number of sulfonamides is 1. The summed E-state index contributed by atoms with van der Waals surface area (Å²) in [6, 6.07) is 7.00. The Morgan fingerprint density at radius 2 is 1.79 bits per heavy atom. The Labute approximate surface area is 231 Å². The monoisotopic (exact) mass is 588 g/mol. The Balaban J connectivity index is 2.56. The molecule has 11 nitrogen and oxygen atoms in total. The summed E-state index contributed by atoms with van der Waals surface area (Å²) >= 11 is 12.3. The normalized spacial score (nSPS) is 12.4. The largest absolute Gasteiger partial charge is 0.495 e. The molecule has 38 heavy (non-hydrogen) atoms. The molecule has 0 aromatic heterocycles. The molecule has 14 heteroatoms. The Morgan fingerprint density at radius 3 is 2.29 bits per heavy atom. The van der Waals surface area contributed by atoms with Gasteiger partial charge in [0.1, 0.15) is 24.0 Å². The van der Waals surface area contributed by atoms with Gasteiger partial charge in [0.05, 0.1) is 18.3 Å². The van der Waals surface area contributed by atoms with Gasteiger partial charge in [-0.3, -0.25) is 24.0 Å². The Bertz CT molecular complexity index is 1330. The van der Waals surface area contributed by atoms with Crippen molar-refractivity contribution >= 4 is 56.4 Å². The minimum atomic E-state index is -4.14. The maximum absolute atomic E-state index is 13.7. The quantitative estimate of drug-likeness (QED) is 0.326. The molecule has 0 saturated carbocycles. The second-order valence-corrected chi connectivity index (χ2v) is 12.3. The number of halogens is 2. The van der Waals surface area contributed by atoms with Crippen molar-refractivity contribution in [3.63, 3.8) is 0 Å². The summed E-state index contributed by atoms with van der Waals surface area (Å²) in [5, 5.41) is 14.8. The van der Waals surface area contributed by atoms with Crippen molar-refractivity contribution in [1.82, 2.24) is 10.2 Å². The maximum atomic E-state index is 13.7. The number of nitrogens with zero attached hydrogens (tertiary/aromatic N) is 3. The van der Waals surface area contributed by atoms with E-state index in [4.69, 9.17) is 27.9 Å². The molecule has 0 aliphatic rings. The highest BCUT2D eigenvalue weighted by molar-refractivity contribution is 7.92. The first-order chi connectivity index (χ1) is 17.4. The average molecular weight is 589 g/mol. The molecule has 208 valence electrons. The zero-order valence-corrected chi connectivity index (χ0v) is 24.1. The van der Waals surface area contributed by atoms with E-state index < -0.39 is 50.6 Å². The van der Waals surface area contributed by atoms with Gasteiger partial charge in [-0.25, -0.2) is 8.42 Å². The number of nitro groups is 1. The van der Waals surface area contributed by atoms with Crippen molar-refractivity contribution < 1.29 is 27.7 Å². The fourth-order valence-electron chi connectivity index (χ4n) is 3.47. The van der Waals surface area contributed by atoms with E-state index in [1.165, 1.54) is 31.1 Å². The van der Waals surface area contributed by atoms with Crippen LogP contribution in [0.5, 0.6) is 5.75 Å². The Hall–Kier alpha value is -3.09. The molecule has 0 spiro atoms. The predicted octanol–water partition coefficient (Wildman–Crippen LogP) is 4.01. The summed E-state index contributed by atoms with van der Waals surface area (Å²) in [5.74, 6) is -1.24. The third-order valence-electron chi connectivity index (χ3n) is 5.34. The lowest BCUT2D eigenvalue weighted by atomic mass is 10.1. The fraction of sp³-hybridized carbons (Fsp3) is 0.417. The zero-order valence-electron chi connectivity index (χ0n) is 21.8. The number of methoxy groups -OCH3 is 1. The lowest BCUT2D eigenvalue weighted by molar-refractivity contribution is -0.384. The van der Waals surface area contributed by atoms with Crippen LogP contribution < -0.4 is 14.4 Å². The molecule has 2 amide bonds. The average Bonchev–Trinajstić information content (AvgIpc) is 2.79. The van der Waals surface area contributed by atoms with E-state index in [1.54, 1.807) is 32.9 Å². The molecule has 1 atom stereocenters. The van der Waals surface area contributed by atoms with Crippen molar-refractivity contribution in [2.45, 2.75) is 45.8 Å². The second-order valence-electron chi connectivity index (χ2n) is 9.56. The highest BCUT2D eigenvalue weighted by Gasteiger charge is 2.33. The van der Waals surface area contributed by atoms with Crippen LogP contribution in [0.25, 0.3) is 0 Å². The van der Waals surface area contributed by atoms with Crippen molar-refractivity contribution in [3.05, 3.63) is 62.1 Å². The highest BCUT2D eigenvalue weighted by atomic mass is 35.5. The number of benzene rings is 2. The molecule has 0 saturated heterocycles. The summed E-state index contributed by atoms with van der Waals surface area (Å²) < 4.78 is 31.5. The van der Waals surface area contributed by atoms with E-state index in [2.05, 4.69) is 5.32 Å². The lowest BCUT2D eigenvalue weighted by Gasteiger charge is -2.33. The maximum Gasteiger partial charge on any atom is 0.271 e. The number of non-ortho nitro benzene ring substituents is 1. The molecule has 1 N–H and O–H groups in total. The van der Waals surface area contributed by atoms with Crippen LogP contribution in [0, 0.1) is 10.1 Å². The first kappa shape index (κ1) is 31.1. The number of nitrogens with one attached hydrogen (secondary N) is 1. The van der Waals surface area contributed by atoms with Crippen molar-refractivity contribution in [2.24, 2.45) is 0 Å². The van der Waals surface area contributed by atoms with Crippen LogP contribution in [0.15, 0.2) is 36.4 Å². The highest BCUT2D eigenvalue weighted by Crippen LogP contribution is 2.34. The summed E-state index contributed by atoms with van der Waals surface area (Å²) in [6.45, 7) is 5.92. The van der Waals surface area contributed by atoms with Crippen LogP contribution in [0.1, 0.15) is 33.3 Å². The summed E-state index contributed by atoms with van der Waals surface area (Å²) in [6.07, 6.45) is 0.856. The second kappa shape index (κ2) is 12.2. The van der Waals surface area contributed by atoms with E-state index in [1.807, 2.05) is 0 Å². The van der Waals surface area contributed by atoms with E-state index in [-0.39, 0.29) is 23.0 Å². The van der Waals surface area contributed by atoms with E-state index in [0.717, 1.165) is 18.4 Å². The van der Waals surface area contributed by atoms with Gasteiger partial charge >= 0.3 is 0 Å². The Kier molecular flexibility index (Phi) is 9.98. The van der Waals surface area contributed by atoms with E-state index in [9.17, 15) is 28.1 Å². The first-order valence-electron chi connectivity index (χ1n) is 11.3. The third-order valence-corrected chi connectivity index (χ3v) is 7.06. The summed E-state index contributed by atoms with van der Waals surface area (Å²) in [4.78, 5) is 38.5. The topological polar surface area (TPSA) is 139 Å². The lowest BCUT2D eigenvalue weighted by Crippen LogP contribution is -2.54. The Morgan fingerprint density at radius 1 is 1.16 bits per heavy atom. The predicted molar refractivity (Wildman–Crippen MR) is 146 cm³/mol. The first-order valence-corrected chi connectivity index (χ1v) is 13.9. The standard InChI is InChI=1S/C24H30Cl2N4O7S/c1-15(23(32)27-24(2,3)4)28(13-16-7-8-17(25)11-19(16)26)22(31)14-29(38(6,35)36)20-12-18(30(33)34)9-10-21(20)37-5/h7-12,15H,13-14H2,1-6H3,(H,27,32)/t15-/m0/s1. The van der Waals surface area contributed by atoms with Crippen molar-refractivity contribution in [3.8, 4) is 5.75 Å². The van der Waals surface area contributed by atoms with E-state index in [0.29, 0.717) is 14.9 Å². The molecule has 0 radical (unpaired) electrons. The van der Waals surface area contributed by atoms with E-state index >= 15 is 0 Å². The van der Waals surface area contributed by atoms with Crippen LogP contribution in [0.3, 0.4) is 0 Å². The number of carbonyl (C=O) groups is 2. The molecule has 0 fully saturated rings. The molecule has 0 aliphatic heterocycles. The summed E-state index contributed by atoms with van der Waals surface area (Å²) in [7, 11) is -2.88. The van der Waals surface area contributed by atoms with Gasteiger partial charge in [0, 0.05) is 34.3 Å².